The van der Waals surface area contributed by atoms with Crippen LogP contribution in [0.5, 0.6) is 0 Å². The molecule has 0 bridgehead atoms. The number of nitrogens with one attached hydrogen (secondary N) is 1. The van der Waals surface area contributed by atoms with E-state index < -0.39 is 32.7 Å². The van der Waals surface area contributed by atoms with Gasteiger partial charge in [0.05, 0.1) is 5.56 Å². The molecule has 4 nitrogen and oxygen atoms in total. The lowest BCUT2D eigenvalue weighted by atomic mass is 10.1. The summed E-state index contributed by atoms with van der Waals surface area (Å²) in [7, 11) is -3.72. The summed E-state index contributed by atoms with van der Waals surface area (Å²) in [5.74, 6) is -0.642. The number of carbonyl (C=O) groups is 1. The van der Waals surface area contributed by atoms with Crippen molar-refractivity contribution in [2.75, 3.05) is 6.54 Å². The van der Waals surface area contributed by atoms with Crippen molar-refractivity contribution in [3.8, 4) is 0 Å². The minimum atomic E-state index is -4.49. The molecule has 0 saturated heterocycles. The van der Waals surface area contributed by atoms with E-state index in [1.807, 2.05) is 0 Å². The molecule has 2 heterocycles. The average Bonchev–Trinajstić information content (AvgIpc) is 3.35. The van der Waals surface area contributed by atoms with E-state index in [9.17, 15) is 26.4 Å². The molecule has 3 aromatic rings. The van der Waals surface area contributed by atoms with Crippen molar-refractivity contribution >= 4 is 38.4 Å². The summed E-state index contributed by atoms with van der Waals surface area (Å²) in [5.41, 5.74) is -0.841. The van der Waals surface area contributed by atoms with Crippen LogP contribution in [0.3, 0.4) is 0 Å². The molecule has 0 unspecified atom stereocenters. The van der Waals surface area contributed by atoms with Crippen LogP contribution >= 0.6 is 22.7 Å². The van der Waals surface area contributed by atoms with Crippen molar-refractivity contribution in [1.29, 1.82) is 0 Å². The van der Waals surface area contributed by atoms with Crippen LogP contribution in [0.1, 0.15) is 26.0 Å². The summed E-state index contributed by atoms with van der Waals surface area (Å²) in [6.07, 6.45) is -4.49. The van der Waals surface area contributed by atoms with Crippen LogP contribution in [-0.4, -0.2) is 20.9 Å². The highest BCUT2D eigenvalue weighted by Crippen LogP contribution is 2.33. The monoisotopic (exact) mass is 445 g/mol. The van der Waals surface area contributed by atoms with E-state index in [0.29, 0.717) is 4.88 Å². The zero-order valence-electron chi connectivity index (χ0n) is 14.1. The first-order valence-corrected chi connectivity index (χ1v) is 11.3. The first-order valence-electron chi connectivity index (χ1n) is 7.96. The molecular formula is C18H14F3NO3S3. The summed E-state index contributed by atoms with van der Waals surface area (Å²) < 4.78 is 64.0. The molecule has 0 aliphatic rings. The first-order chi connectivity index (χ1) is 13.2. The van der Waals surface area contributed by atoms with Crippen LogP contribution < -0.4 is 5.32 Å². The molecule has 28 heavy (non-hydrogen) atoms. The second-order valence-corrected chi connectivity index (χ2v) is 10.1. The molecule has 0 spiro atoms. The maximum absolute atomic E-state index is 12.9. The third-order valence-electron chi connectivity index (χ3n) is 3.93. The van der Waals surface area contributed by atoms with E-state index in [4.69, 9.17) is 0 Å². The highest BCUT2D eigenvalue weighted by Gasteiger charge is 2.32. The highest BCUT2D eigenvalue weighted by molar-refractivity contribution is 7.93. The van der Waals surface area contributed by atoms with E-state index >= 15 is 0 Å². The lowest BCUT2D eigenvalue weighted by Crippen LogP contribution is -2.31. The minimum absolute atomic E-state index is 0.0199. The number of carbonyl (C=O) groups excluding carboxylic acids is 1. The molecule has 0 saturated carbocycles. The molecule has 0 aliphatic carbocycles. The van der Waals surface area contributed by atoms with E-state index in [0.717, 1.165) is 35.6 Å². The van der Waals surface area contributed by atoms with E-state index in [1.54, 1.807) is 29.0 Å². The van der Waals surface area contributed by atoms with E-state index in [1.165, 1.54) is 17.4 Å². The molecular weight excluding hydrogens is 431 g/mol. The van der Waals surface area contributed by atoms with Crippen molar-refractivity contribution in [1.82, 2.24) is 5.32 Å². The Hall–Kier alpha value is -2.17. The van der Waals surface area contributed by atoms with Gasteiger partial charge in [0.25, 0.3) is 5.91 Å². The van der Waals surface area contributed by atoms with Crippen LogP contribution in [0.4, 0.5) is 13.2 Å². The first kappa shape index (κ1) is 20.6. The molecule has 10 heteroatoms. The summed E-state index contributed by atoms with van der Waals surface area (Å²) in [6.45, 7) is -0.194. The van der Waals surface area contributed by atoms with Crippen molar-refractivity contribution in [2.45, 2.75) is 15.6 Å². The van der Waals surface area contributed by atoms with E-state index in [2.05, 4.69) is 5.32 Å². The number of hydrogen-bond acceptors (Lipinski definition) is 5. The standard InChI is InChI=1S/C18H14F3NO3S3/c19-18(20,21)13-7-5-12(6-8-13)17(23)22-11-15(14-3-1-9-26-14)28(24,25)16-4-2-10-27-16/h1-10,15H,11H2,(H,22,23)/t15-/m0/s1. The zero-order chi connectivity index (χ0) is 20.4. The molecule has 2 aromatic heterocycles. The zero-order valence-corrected chi connectivity index (χ0v) is 16.6. The predicted molar refractivity (Wildman–Crippen MR) is 102 cm³/mol. The smallest absolute Gasteiger partial charge is 0.350 e. The van der Waals surface area contributed by atoms with Crippen molar-refractivity contribution in [3.05, 3.63) is 75.3 Å². The summed E-state index contributed by atoms with van der Waals surface area (Å²) >= 11 is 2.34. The fourth-order valence-electron chi connectivity index (χ4n) is 2.50. The second-order valence-electron chi connectivity index (χ2n) is 5.77. The van der Waals surface area contributed by atoms with Crippen LogP contribution in [0.25, 0.3) is 0 Å². The number of thiophene rings is 2. The van der Waals surface area contributed by atoms with E-state index in [-0.39, 0.29) is 16.3 Å². The molecule has 148 valence electrons. The lowest BCUT2D eigenvalue weighted by molar-refractivity contribution is -0.137. The quantitative estimate of drug-likeness (QED) is 0.594. The van der Waals surface area contributed by atoms with Gasteiger partial charge in [-0.25, -0.2) is 8.42 Å². The van der Waals surface area contributed by atoms with Crippen LogP contribution in [0.2, 0.25) is 0 Å². The fourth-order valence-corrected chi connectivity index (χ4v) is 6.49. The van der Waals surface area contributed by atoms with Crippen LogP contribution in [0, 0.1) is 0 Å². The van der Waals surface area contributed by atoms with Gasteiger partial charge in [0, 0.05) is 17.0 Å². The predicted octanol–water partition coefficient (Wildman–Crippen LogP) is 4.77. The Kier molecular flexibility index (Phi) is 5.92. The third-order valence-corrected chi connectivity index (χ3v) is 8.58. The molecule has 1 aromatic carbocycles. The Labute approximate surface area is 167 Å². The van der Waals surface area contributed by atoms with Crippen molar-refractivity contribution in [3.63, 3.8) is 0 Å². The third kappa shape index (κ3) is 4.45. The molecule has 0 fully saturated rings. The number of rotatable bonds is 6. The van der Waals surface area contributed by atoms with Crippen molar-refractivity contribution in [2.24, 2.45) is 0 Å². The number of benzene rings is 1. The molecule has 1 amide bonds. The van der Waals surface area contributed by atoms with Gasteiger partial charge in [-0.05, 0) is 47.2 Å². The molecule has 3 rings (SSSR count). The van der Waals surface area contributed by atoms with Gasteiger partial charge < -0.3 is 5.32 Å². The Balaban J connectivity index is 1.78. The van der Waals surface area contributed by atoms with Gasteiger partial charge in [0.2, 0.25) is 0 Å². The molecule has 1 atom stereocenters. The normalized spacial score (nSPS) is 13.2. The highest BCUT2D eigenvalue weighted by atomic mass is 32.2. The summed E-state index contributed by atoms with van der Waals surface area (Å²) in [5, 5.41) is 4.94. The molecule has 1 N–H and O–H groups in total. The second kappa shape index (κ2) is 8.06. The lowest BCUT2D eigenvalue weighted by Gasteiger charge is -2.16. The molecule has 0 aliphatic heterocycles. The number of alkyl halides is 3. The fraction of sp³-hybridized carbons (Fsp3) is 0.167. The summed E-state index contributed by atoms with van der Waals surface area (Å²) in [4.78, 5) is 12.9. The maximum Gasteiger partial charge on any atom is 0.416 e. The Morgan fingerprint density at radius 1 is 1.00 bits per heavy atom. The molecule has 0 radical (unpaired) electrons. The van der Waals surface area contributed by atoms with Gasteiger partial charge in [-0.3, -0.25) is 4.79 Å². The number of sulfone groups is 1. The van der Waals surface area contributed by atoms with Crippen LogP contribution in [0.15, 0.2) is 63.5 Å². The van der Waals surface area contributed by atoms with Crippen molar-refractivity contribution < 1.29 is 26.4 Å². The number of halogens is 3. The minimum Gasteiger partial charge on any atom is -0.350 e. The average molecular weight is 446 g/mol. The Bertz CT molecular complexity index is 1030. The van der Waals surface area contributed by atoms with Gasteiger partial charge in [0.15, 0.2) is 9.84 Å². The van der Waals surface area contributed by atoms with Gasteiger partial charge >= 0.3 is 6.18 Å². The summed E-state index contributed by atoms with van der Waals surface area (Å²) in [6, 6.07) is 10.3. The Morgan fingerprint density at radius 2 is 1.64 bits per heavy atom. The van der Waals surface area contributed by atoms with Gasteiger partial charge in [-0.2, -0.15) is 13.2 Å². The SMILES string of the molecule is O=C(NC[C@@H](c1cccs1)S(=O)(=O)c1cccs1)c1ccc(C(F)(F)F)cc1. The maximum atomic E-state index is 12.9. The van der Waals surface area contributed by atoms with Crippen LogP contribution in [-0.2, 0) is 16.0 Å². The van der Waals surface area contributed by atoms with Gasteiger partial charge in [-0.1, -0.05) is 12.1 Å². The topological polar surface area (TPSA) is 63.2 Å². The Morgan fingerprint density at radius 3 is 2.18 bits per heavy atom. The largest absolute Gasteiger partial charge is 0.416 e. The van der Waals surface area contributed by atoms with Gasteiger partial charge in [-0.15, -0.1) is 22.7 Å². The van der Waals surface area contributed by atoms with Gasteiger partial charge in [0.1, 0.15) is 9.46 Å². The number of amides is 1. The number of hydrogen-bond donors (Lipinski definition) is 1.